The molecule has 0 fully saturated rings. The Labute approximate surface area is 256 Å². The molecule has 3 aromatic carbocycles. The van der Waals surface area contributed by atoms with Crippen LogP contribution < -0.4 is 16.0 Å². The molecule has 0 aliphatic carbocycles. The van der Waals surface area contributed by atoms with Crippen LogP contribution in [0.5, 0.6) is 0 Å². The van der Waals surface area contributed by atoms with Crippen molar-refractivity contribution in [2.24, 2.45) is 0 Å². The van der Waals surface area contributed by atoms with Crippen molar-refractivity contribution in [1.29, 1.82) is 0 Å². The fraction of sp³-hybridized carbons (Fsp3) is 0.226. The highest BCUT2D eigenvalue weighted by molar-refractivity contribution is 6.30. The number of imidazole rings is 1. The highest BCUT2D eigenvalue weighted by Crippen LogP contribution is 2.34. The van der Waals surface area contributed by atoms with Crippen molar-refractivity contribution in [2.75, 3.05) is 17.2 Å². The molecule has 228 valence electrons. The van der Waals surface area contributed by atoms with E-state index in [1.807, 2.05) is 4.57 Å². The third-order valence-electron chi connectivity index (χ3n) is 7.16. The van der Waals surface area contributed by atoms with Crippen LogP contribution in [0.25, 0.3) is 11.3 Å². The molecule has 1 aromatic heterocycles. The molecule has 0 spiro atoms. The number of fused-ring (bicyclic) bond motifs is 1. The molecule has 0 bridgehead atoms. The number of amides is 3. The first-order valence-corrected chi connectivity index (χ1v) is 14.2. The molecule has 0 unspecified atom stereocenters. The molecule has 1 aliphatic rings. The van der Waals surface area contributed by atoms with Crippen LogP contribution in [0.3, 0.4) is 0 Å². The lowest BCUT2D eigenvalue weighted by Gasteiger charge is -2.31. The Morgan fingerprint density at radius 2 is 1.77 bits per heavy atom. The van der Waals surface area contributed by atoms with Crippen LogP contribution in [0.1, 0.15) is 24.7 Å². The van der Waals surface area contributed by atoms with Gasteiger partial charge in [-0.15, -0.1) is 0 Å². The molecule has 0 radical (unpaired) electrons. The number of nitrogens with one attached hydrogen (secondary N) is 3. The number of carbonyl (C=O) groups is 3. The number of aromatic nitrogens is 2. The van der Waals surface area contributed by atoms with Crippen molar-refractivity contribution in [3.05, 3.63) is 94.8 Å². The predicted molar refractivity (Wildman–Crippen MR) is 162 cm³/mol. The number of hydrogen-bond donors (Lipinski definition) is 4. The van der Waals surface area contributed by atoms with Crippen LogP contribution in [0.2, 0.25) is 5.02 Å². The summed E-state index contributed by atoms with van der Waals surface area (Å²) in [4.78, 5) is 43.2. The van der Waals surface area contributed by atoms with Crippen LogP contribution in [-0.4, -0.2) is 50.1 Å². The fourth-order valence-corrected chi connectivity index (χ4v) is 5.09. The van der Waals surface area contributed by atoms with E-state index >= 15 is 0 Å². The average Bonchev–Trinajstić information content (AvgIpc) is 3.36. The molecule has 3 amide bonds. The summed E-state index contributed by atoms with van der Waals surface area (Å²) in [5.74, 6) is -0.693. The summed E-state index contributed by atoms with van der Waals surface area (Å²) < 4.78 is 30.2. The van der Waals surface area contributed by atoms with Gasteiger partial charge in [-0.1, -0.05) is 42.8 Å². The number of anilines is 3. The number of halogens is 3. The van der Waals surface area contributed by atoms with Gasteiger partial charge in [-0.2, -0.15) is 0 Å². The van der Waals surface area contributed by atoms with Crippen molar-refractivity contribution < 1.29 is 28.3 Å². The minimum absolute atomic E-state index is 0.0332. The molecule has 10 nitrogen and oxygen atoms in total. The van der Waals surface area contributed by atoms with E-state index in [4.69, 9.17) is 16.6 Å². The number of carboxylic acid groups (broad SMARTS) is 1. The molecule has 4 aromatic rings. The average molecular weight is 623 g/mol. The SMILES string of the molecule is CCC(=O)Nc1ccc(C[C@H](NC(=O)O)C(=O)N2CCn3c(nc(-c4cccc(F)c4)c3Nc3ccc(Cl)c(F)c3)C2)cc1. The molecule has 1 atom stereocenters. The van der Waals surface area contributed by atoms with Gasteiger partial charge in [-0.3, -0.25) is 9.59 Å². The Balaban J connectivity index is 1.40. The maximum absolute atomic E-state index is 14.2. The van der Waals surface area contributed by atoms with E-state index in [9.17, 15) is 28.3 Å². The van der Waals surface area contributed by atoms with Gasteiger partial charge in [0.2, 0.25) is 11.8 Å². The van der Waals surface area contributed by atoms with E-state index in [-0.39, 0.29) is 37.0 Å². The molecular formula is C31H29ClF2N6O4. The Morgan fingerprint density at radius 3 is 2.45 bits per heavy atom. The lowest BCUT2D eigenvalue weighted by molar-refractivity contribution is -0.134. The molecule has 4 N–H and O–H groups in total. The smallest absolute Gasteiger partial charge is 0.405 e. The molecule has 2 heterocycles. The summed E-state index contributed by atoms with van der Waals surface area (Å²) >= 11 is 5.85. The monoisotopic (exact) mass is 622 g/mol. The second kappa shape index (κ2) is 13.1. The van der Waals surface area contributed by atoms with Crippen LogP contribution in [0, 0.1) is 11.6 Å². The van der Waals surface area contributed by atoms with Gasteiger partial charge in [-0.25, -0.2) is 18.6 Å². The topological polar surface area (TPSA) is 129 Å². The molecule has 13 heteroatoms. The largest absolute Gasteiger partial charge is 0.465 e. The zero-order chi connectivity index (χ0) is 31.4. The van der Waals surface area contributed by atoms with Crippen LogP contribution >= 0.6 is 11.6 Å². The zero-order valence-corrected chi connectivity index (χ0v) is 24.4. The van der Waals surface area contributed by atoms with Crippen LogP contribution in [-0.2, 0) is 29.1 Å². The predicted octanol–water partition coefficient (Wildman–Crippen LogP) is 5.79. The molecule has 44 heavy (non-hydrogen) atoms. The third kappa shape index (κ3) is 6.97. The van der Waals surface area contributed by atoms with E-state index in [1.54, 1.807) is 49.4 Å². The van der Waals surface area contributed by atoms with E-state index in [0.29, 0.717) is 46.3 Å². The van der Waals surface area contributed by atoms with Crippen LogP contribution in [0.15, 0.2) is 66.7 Å². The minimum atomic E-state index is -1.34. The first-order valence-electron chi connectivity index (χ1n) is 13.9. The van der Waals surface area contributed by atoms with Crippen molar-refractivity contribution in [2.45, 2.75) is 38.9 Å². The Morgan fingerprint density at radius 1 is 1.02 bits per heavy atom. The highest BCUT2D eigenvalue weighted by atomic mass is 35.5. The first kappa shape index (κ1) is 30.5. The van der Waals surface area contributed by atoms with E-state index in [0.717, 1.165) is 0 Å². The van der Waals surface area contributed by atoms with Gasteiger partial charge in [0.25, 0.3) is 0 Å². The zero-order valence-electron chi connectivity index (χ0n) is 23.6. The second-order valence-corrected chi connectivity index (χ2v) is 10.6. The Hall–Kier alpha value is -4.97. The molecular weight excluding hydrogens is 594 g/mol. The third-order valence-corrected chi connectivity index (χ3v) is 7.47. The summed E-state index contributed by atoms with van der Waals surface area (Å²) in [6, 6.07) is 15.9. The summed E-state index contributed by atoms with van der Waals surface area (Å²) in [6.45, 7) is 2.31. The number of nitrogens with zero attached hydrogens (tertiary/aromatic N) is 3. The molecule has 0 saturated carbocycles. The molecule has 5 rings (SSSR count). The van der Waals surface area contributed by atoms with Gasteiger partial charge in [0.15, 0.2) is 0 Å². The van der Waals surface area contributed by atoms with Gasteiger partial charge >= 0.3 is 6.09 Å². The van der Waals surface area contributed by atoms with Gasteiger partial charge in [-0.05, 0) is 48.0 Å². The van der Waals surface area contributed by atoms with Crippen molar-refractivity contribution in [3.63, 3.8) is 0 Å². The first-order chi connectivity index (χ1) is 21.1. The van der Waals surface area contributed by atoms with E-state index < -0.39 is 29.7 Å². The lowest BCUT2D eigenvalue weighted by Crippen LogP contribution is -2.51. The number of carbonyl (C=O) groups excluding carboxylic acids is 2. The van der Waals surface area contributed by atoms with Crippen molar-refractivity contribution in [3.8, 4) is 11.3 Å². The Bertz CT molecular complexity index is 1710. The molecule has 0 saturated heterocycles. The minimum Gasteiger partial charge on any atom is -0.465 e. The van der Waals surface area contributed by atoms with Gasteiger partial charge in [0.1, 0.15) is 35.0 Å². The molecule has 1 aliphatic heterocycles. The van der Waals surface area contributed by atoms with Gasteiger partial charge in [0, 0.05) is 42.9 Å². The normalized spacial score (nSPS) is 13.1. The highest BCUT2D eigenvalue weighted by Gasteiger charge is 2.32. The van der Waals surface area contributed by atoms with Gasteiger partial charge < -0.3 is 30.5 Å². The summed E-state index contributed by atoms with van der Waals surface area (Å²) in [7, 11) is 0. The number of benzene rings is 3. The maximum atomic E-state index is 14.2. The quantitative estimate of drug-likeness (QED) is 0.187. The lowest BCUT2D eigenvalue weighted by atomic mass is 10.0. The second-order valence-electron chi connectivity index (χ2n) is 10.2. The summed E-state index contributed by atoms with van der Waals surface area (Å²) in [5, 5.41) is 17.7. The summed E-state index contributed by atoms with van der Waals surface area (Å²) in [6.07, 6.45) is -0.930. The number of hydrogen-bond acceptors (Lipinski definition) is 5. The maximum Gasteiger partial charge on any atom is 0.405 e. The van der Waals surface area contributed by atoms with Crippen molar-refractivity contribution >= 4 is 46.7 Å². The Kier molecular flexibility index (Phi) is 9.09. The summed E-state index contributed by atoms with van der Waals surface area (Å²) in [5.41, 5.74) is 2.57. The van der Waals surface area contributed by atoms with Crippen molar-refractivity contribution in [1.82, 2.24) is 19.8 Å². The number of rotatable bonds is 9. The fourth-order valence-electron chi connectivity index (χ4n) is 4.97. The van der Waals surface area contributed by atoms with Gasteiger partial charge in [0.05, 0.1) is 11.6 Å². The van der Waals surface area contributed by atoms with Crippen LogP contribution in [0.4, 0.5) is 30.8 Å². The standard InChI is InChI=1S/C31H29ClF2N6O4/c1-2-27(41)35-21-8-6-18(7-9-21)14-25(37-31(43)44)30(42)39-12-13-40-26(17-39)38-28(19-4-3-5-20(33)15-19)29(40)36-22-10-11-23(32)24(34)16-22/h3-11,15-16,25,36-37H,2,12-14,17H2,1H3,(H,35,41)(H,43,44)/t25-/m0/s1. The van der Waals surface area contributed by atoms with E-state index in [1.165, 1.54) is 29.2 Å². The van der Waals surface area contributed by atoms with E-state index in [2.05, 4.69) is 16.0 Å².